The molecule has 172 valence electrons. The van der Waals surface area contributed by atoms with Gasteiger partial charge in [0.1, 0.15) is 11.9 Å². The van der Waals surface area contributed by atoms with E-state index in [-0.39, 0.29) is 38.1 Å². The molecular formula is C21H13F5N6Pt. The Morgan fingerprint density at radius 3 is 2.21 bits per heavy atom. The molecular weight excluding hydrogens is 626 g/mol. The molecule has 4 aromatic rings. The Kier molecular flexibility index (Phi) is 6.74. The summed E-state index contributed by atoms with van der Waals surface area (Å²) >= 11 is 0. The molecule has 0 spiro atoms. The van der Waals surface area contributed by atoms with Gasteiger partial charge < -0.3 is 14.6 Å². The van der Waals surface area contributed by atoms with Gasteiger partial charge in [-0.2, -0.15) is 13.2 Å². The molecule has 12 heteroatoms. The van der Waals surface area contributed by atoms with Crippen molar-refractivity contribution in [1.82, 2.24) is 29.7 Å². The van der Waals surface area contributed by atoms with Gasteiger partial charge in [0.2, 0.25) is 0 Å². The summed E-state index contributed by atoms with van der Waals surface area (Å²) < 4.78 is 66.4. The average Bonchev–Trinajstić information content (AvgIpc) is 3.25. The number of halogens is 5. The largest absolute Gasteiger partial charge is 2.00 e. The molecule has 0 aliphatic carbocycles. The summed E-state index contributed by atoms with van der Waals surface area (Å²) in [7, 11) is 0. The average molecular weight is 639 g/mol. The van der Waals surface area contributed by atoms with Crippen molar-refractivity contribution in [3.05, 3.63) is 84.0 Å². The third-order valence-corrected chi connectivity index (χ3v) is 4.68. The Hall–Kier alpha value is -3.07. The molecule has 4 heterocycles. The Bertz CT molecular complexity index is 1290. The van der Waals surface area contributed by atoms with E-state index >= 15 is 0 Å². The minimum absolute atomic E-state index is 0. The molecule has 33 heavy (non-hydrogen) atoms. The normalized spacial score (nSPS) is 11.8. The summed E-state index contributed by atoms with van der Waals surface area (Å²) in [5.74, 6) is -3.29. The van der Waals surface area contributed by atoms with Crippen molar-refractivity contribution in [3.8, 4) is 17.1 Å². The van der Waals surface area contributed by atoms with E-state index in [9.17, 15) is 22.0 Å². The minimum atomic E-state index is -4.70. The van der Waals surface area contributed by atoms with Crippen LogP contribution >= 0.6 is 0 Å². The van der Waals surface area contributed by atoms with Gasteiger partial charge in [-0.3, -0.25) is 9.97 Å². The van der Waals surface area contributed by atoms with Gasteiger partial charge in [-0.05, 0) is 31.7 Å². The third kappa shape index (κ3) is 4.98. The molecule has 4 rings (SSSR count). The molecule has 0 atom stereocenters. The van der Waals surface area contributed by atoms with Crippen LogP contribution in [0.2, 0.25) is 0 Å². The molecule has 0 unspecified atom stereocenters. The van der Waals surface area contributed by atoms with E-state index in [1.54, 1.807) is 38.1 Å². The maximum atomic E-state index is 14.1. The van der Waals surface area contributed by atoms with Gasteiger partial charge >= 0.3 is 27.2 Å². The second-order valence-corrected chi connectivity index (χ2v) is 7.25. The van der Waals surface area contributed by atoms with Crippen molar-refractivity contribution in [2.45, 2.75) is 25.4 Å². The minimum Gasteiger partial charge on any atom is -0.342 e. The molecule has 0 aliphatic rings. The molecule has 0 saturated carbocycles. The first-order valence-electron chi connectivity index (χ1n) is 9.17. The van der Waals surface area contributed by atoms with Gasteiger partial charge in [0.05, 0.1) is 5.82 Å². The summed E-state index contributed by atoms with van der Waals surface area (Å²) in [6.07, 6.45) is -2.54. The van der Waals surface area contributed by atoms with E-state index in [0.29, 0.717) is 11.4 Å². The molecule has 0 fully saturated rings. The van der Waals surface area contributed by atoms with Crippen LogP contribution in [0.1, 0.15) is 31.1 Å². The Balaban J connectivity index is 0.00000306. The topological polar surface area (TPSA) is 69.4 Å². The number of aromatic nitrogens is 6. The van der Waals surface area contributed by atoms with Crippen molar-refractivity contribution >= 4 is 0 Å². The zero-order chi connectivity index (χ0) is 23.1. The van der Waals surface area contributed by atoms with E-state index in [0.717, 1.165) is 10.7 Å². The molecule has 0 bridgehead atoms. The van der Waals surface area contributed by atoms with Crippen molar-refractivity contribution < 1.29 is 43.0 Å². The van der Waals surface area contributed by atoms with Crippen LogP contribution in [0.4, 0.5) is 22.0 Å². The van der Waals surface area contributed by atoms with E-state index in [4.69, 9.17) is 0 Å². The van der Waals surface area contributed by atoms with Crippen LogP contribution in [-0.4, -0.2) is 29.7 Å². The first-order valence-corrected chi connectivity index (χ1v) is 9.17. The molecule has 4 aromatic heterocycles. The SMILES string of the molecule is CC(C)(c1cccc(-c2[c-]cc(F)nc2F)n1)c1cccc(-n2[c-]nc(C(F)(F)F)n2)n1.[Pt+2]. The van der Waals surface area contributed by atoms with Gasteiger partial charge in [0, 0.05) is 23.1 Å². The van der Waals surface area contributed by atoms with Crippen molar-refractivity contribution in [1.29, 1.82) is 0 Å². The summed E-state index contributed by atoms with van der Waals surface area (Å²) in [4.78, 5) is 15.2. The summed E-state index contributed by atoms with van der Waals surface area (Å²) in [6.45, 7) is 3.58. The first kappa shape index (κ1) is 24.6. The fourth-order valence-corrected chi connectivity index (χ4v) is 2.95. The number of hydrogen-bond donors (Lipinski definition) is 0. The zero-order valence-corrected chi connectivity index (χ0v) is 19.2. The van der Waals surface area contributed by atoms with Crippen LogP contribution in [0.25, 0.3) is 17.1 Å². The van der Waals surface area contributed by atoms with Crippen LogP contribution in [0.5, 0.6) is 0 Å². The predicted molar refractivity (Wildman–Crippen MR) is 101 cm³/mol. The van der Waals surface area contributed by atoms with E-state index in [1.165, 1.54) is 12.1 Å². The van der Waals surface area contributed by atoms with Gasteiger partial charge in [0.25, 0.3) is 0 Å². The zero-order valence-electron chi connectivity index (χ0n) is 16.9. The number of hydrogen-bond acceptors (Lipinski definition) is 5. The monoisotopic (exact) mass is 639 g/mol. The smallest absolute Gasteiger partial charge is 0.342 e. The molecule has 6 nitrogen and oxygen atoms in total. The van der Waals surface area contributed by atoms with Crippen LogP contribution in [0.15, 0.2) is 42.5 Å². The molecule has 0 radical (unpaired) electrons. The van der Waals surface area contributed by atoms with E-state index in [2.05, 4.69) is 37.4 Å². The first-order chi connectivity index (χ1) is 15.1. The maximum Gasteiger partial charge on any atom is 2.00 e. The quantitative estimate of drug-likeness (QED) is 0.189. The molecule has 0 N–H and O–H groups in total. The Morgan fingerprint density at radius 1 is 0.909 bits per heavy atom. The van der Waals surface area contributed by atoms with Gasteiger partial charge in [-0.1, -0.05) is 35.9 Å². The van der Waals surface area contributed by atoms with Gasteiger partial charge in [-0.15, -0.1) is 6.07 Å². The molecule has 0 saturated heterocycles. The maximum absolute atomic E-state index is 14.1. The van der Waals surface area contributed by atoms with E-state index < -0.39 is 29.3 Å². The number of nitrogens with zero attached hydrogens (tertiary/aromatic N) is 6. The number of pyridine rings is 3. The second-order valence-electron chi connectivity index (χ2n) is 7.25. The number of alkyl halides is 3. The summed E-state index contributed by atoms with van der Waals surface area (Å²) in [6, 6.07) is 13.0. The predicted octanol–water partition coefficient (Wildman–Crippen LogP) is 4.34. The van der Waals surface area contributed by atoms with Crippen LogP contribution in [-0.2, 0) is 32.7 Å². The van der Waals surface area contributed by atoms with Gasteiger partial charge in [0.15, 0.2) is 5.82 Å². The van der Waals surface area contributed by atoms with Crippen LogP contribution in [0.3, 0.4) is 0 Å². The van der Waals surface area contributed by atoms with E-state index in [1.807, 2.05) is 0 Å². The third-order valence-electron chi connectivity index (χ3n) is 4.68. The standard InChI is InChI=1S/C21H13F5N6.Pt/c1-20(2,14-6-3-5-13(28-14)12-9-10-16(22)30-18(12)23)15-7-4-8-17(29-15)32-11-27-19(31-32)21(24,25)26;/h3-8,10H,1-2H3;/q-2;+2. The Labute approximate surface area is 199 Å². The Morgan fingerprint density at radius 2 is 1.58 bits per heavy atom. The van der Waals surface area contributed by atoms with Gasteiger partial charge in [-0.25, -0.2) is 13.9 Å². The fourth-order valence-electron chi connectivity index (χ4n) is 2.95. The van der Waals surface area contributed by atoms with Crippen LogP contribution < -0.4 is 0 Å². The van der Waals surface area contributed by atoms with Crippen molar-refractivity contribution in [2.24, 2.45) is 0 Å². The fraction of sp³-hybridized carbons (Fsp3) is 0.190. The van der Waals surface area contributed by atoms with Crippen molar-refractivity contribution in [2.75, 3.05) is 0 Å². The van der Waals surface area contributed by atoms with Crippen LogP contribution in [0, 0.1) is 24.3 Å². The summed E-state index contributed by atoms with van der Waals surface area (Å²) in [5, 5.41) is 3.38. The second kappa shape index (κ2) is 9.05. The molecule has 0 amide bonds. The molecule has 0 aromatic carbocycles. The summed E-state index contributed by atoms with van der Waals surface area (Å²) in [5.41, 5.74) is 0.191. The van der Waals surface area contributed by atoms with Crippen molar-refractivity contribution in [3.63, 3.8) is 0 Å². The molecule has 0 aliphatic heterocycles. The number of rotatable bonds is 4.